The predicted molar refractivity (Wildman–Crippen MR) is 115 cm³/mol. The molecule has 30 heavy (non-hydrogen) atoms. The molecule has 0 aliphatic carbocycles. The second kappa shape index (κ2) is 8.13. The van der Waals surface area contributed by atoms with Crippen molar-refractivity contribution in [1.82, 2.24) is 14.9 Å². The SMILES string of the molecule is COc1ncc(C2=CCOCC2)c2sc(NC(=O)N3CCC4(CCOCC4)C3)nc12. The molecule has 9 heteroatoms. The van der Waals surface area contributed by atoms with Gasteiger partial charge in [0.15, 0.2) is 5.13 Å². The number of thiazole rings is 1. The van der Waals surface area contributed by atoms with Crippen LogP contribution < -0.4 is 10.1 Å². The number of fused-ring (bicyclic) bond motifs is 1. The molecule has 8 nitrogen and oxygen atoms in total. The lowest BCUT2D eigenvalue weighted by Gasteiger charge is -2.33. The lowest BCUT2D eigenvalue weighted by atomic mass is 9.80. The normalized spacial score (nSPS) is 21.1. The van der Waals surface area contributed by atoms with Crippen LogP contribution in [0.25, 0.3) is 15.8 Å². The third-order valence-electron chi connectivity index (χ3n) is 6.38. The van der Waals surface area contributed by atoms with Gasteiger partial charge < -0.3 is 19.1 Å². The zero-order chi connectivity index (χ0) is 20.6. The van der Waals surface area contributed by atoms with Crippen molar-refractivity contribution in [3.63, 3.8) is 0 Å². The average molecular weight is 431 g/mol. The van der Waals surface area contributed by atoms with Crippen LogP contribution in [0.15, 0.2) is 12.3 Å². The van der Waals surface area contributed by atoms with Crippen LogP contribution in [0.3, 0.4) is 0 Å². The Kier molecular flexibility index (Phi) is 5.34. The Morgan fingerprint density at radius 1 is 1.27 bits per heavy atom. The maximum atomic E-state index is 12.9. The third kappa shape index (κ3) is 3.66. The van der Waals surface area contributed by atoms with Crippen molar-refractivity contribution in [2.24, 2.45) is 5.41 Å². The first-order chi connectivity index (χ1) is 14.7. The van der Waals surface area contributed by atoms with E-state index < -0.39 is 0 Å². The van der Waals surface area contributed by atoms with Gasteiger partial charge in [-0.2, -0.15) is 0 Å². The Morgan fingerprint density at radius 2 is 2.13 bits per heavy atom. The van der Waals surface area contributed by atoms with E-state index >= 15 is 0 Å². The zero-order valence-electron chi connectivity index (χ0n) is 17.1. The van der Waals surface area contributed by atoms with E-state index in [1.165, 1.54) is 16.9 Å². The van der Waals surface area contributed by atoms with Crippen LogP contribution in [0.4, 0.5) is 9.93 Å². The van der Waals surface area contributed by atoms with Gasteiger partial charge in [-0.1, -0.05) is 17.4 Å². The Bertz CT molecular complexity index is 983. The summed E-state index contributed by atoms with van der Waals surface area (Å²) in [7, 11) is 1.59. The summed E-state index contributed by atoms with van der Waals surface area (Å²) in [4.78, 5) is 23.9. The number of urea groups is 1. The molecule has 0 atom stereocenters. The molecule has 2 aromatic heterocycles. The molecule has 2 saturated heterocycles. The number of carbonyl (C=O) groups excluding carboxylic acids is 1. The molecule has 1 spiro atoms. The van der Waals surface area contributed by atoms with Gasteiger partial charge in [-0.25, -0.2) is 14.8 Å². The van der Waals surface area contributed by atoms with E-state index in [4.69, 9.17) is 14.2 Å². The minimum absolute atomic E-state index is 0.0869. The lowest BCUT2D eigenvalue weighted by Crippen LogP contribution is -2.37. The fourth-order valence-electron chi connectivity index (χ4n) is 4.59. The second-order valence-corrected chi connectivity index (χ2v) is 9.15. The fraction of sp³-hybridized carbons (Fsp3) is 0.571. The largest absolute Gasteiger partial charge is 0.479 e. The van der Waals surface area contributed by atoms with E-state index in [0.29, 0.717) is 29.7 Å². The van der Waals surface area contributed by atoms with Crippen LogP contribution in [0.2, 0.25) is 0 Å². The zero-order valence-corrected chi connectivity index (χ0v) is 17.9. The van der Waals surface area contributed by atoms with Gasteiger partial charge in [-0.15, -0.1) is 0 Å². The summed E-state index contributed by atoms with van der Waals surface area (Å²) in [5.41, 5.74) is 3.14. The summed E-state index contributed by atoms with van der Waals surface area (Å²) in [6, 6.07) is -0.0869. The molecular formula is C21H26N4O4S. The van der Waals surface area contributed by atoms with Crippen molar-refractivity contribution < 1.29 is 19.0 Å². The standard InChI is InChI=1S/C21H26N4O4S/c1-27-18-16-17(15(12-22-18)14-2-8-28-9-3-14)30-19(23-16)24-20(26)25-7-4-21(13-25)5-10-29-11-6-21/h2,12H,3-11,13H2,1H3,(H,23,24,26). The number of methoxy groups -OCH3 is 1. The minimum atomic E-state index is -0.0869. The molecule has 2 aromatic rings. The molecule has 0 aromatic carbocycles. The van der Waals surface area contributed by atoms with E-state index in [1.54, 1.807) is 7.11 Å². The van der Waals surface area contributed by atoms with Crippen molar-refractivity contribution in [3.05, 3.63) is 17.8 Å². The number of aromatic nitrogens is 2. The number of hydrogen-bond acceptors (Lipinski definition) is 7. The topological polar surface area (TPSA) is 85.8 Å². The van der Waals surface area contributed by atoms with E-state index in [2.05, 4.69) is 21.4 Å². The molecule has 5 rings (SSSR count). The molecule has 0 unspecified atom stereocenters. The summed E-state index contributed by atoms with van der Waals surface area (Å²) in [5, 5.41) is 3.58. The molecule has 1 N–H and O–H groups in total. The number of likely N-dealkylation sites (tertiary alicyclic amines) is 1. The van der Waals surface area contributed by atoms with Crippen LogP contribution in [-0.4, -0.2) is 67.5 Å². The number of rotatable bonds is 3. The van der Waals surface area contributed by atoms with E-state index in [0.717, 1.165) is 62.2 Å². The molecule has 0 bridgehead atoms. The number of nitrogens with one attached hydrogen (secondary N) is 1. The highest BCUT2D eigenvalue weighted by atomic mass is 32.1. The van der Waals surface area contributed by atoms with Crippen LogP contribution >= 0.6 is 11.3 Å². The van der Waals surface area contributed by atoms with E-state index in [1.807, 2.05) is 11.1 Å². The number of anilines is 1. The van der Waals surface area contributed by atoms with Gasteiger partial charge >= 0.3 is 6.03 Å². The van der Waals surface area contributed by atoms with Crippen molar-refractivity contribution in [1.29, 1.82) is 0 Å². The first-order valence-electron chi connectivity index (χ1n) is 10.4. The number of ether oxygens (including phenoxy) is 3. The van der Waals surface area contributed by atoms with Gasteiger partial charge in [-0.05, 0) is 36.7 Å². The molecular weight excluding hydrogens is 404 g/mol. The van der Waals surface area contributed by atoms with Crippen molar-refractivity contribution in [3.8, 4) is 5.88 Å². The van der Waals surface area contributed by atoms with Crippen LogP contribution in [0.1, 0.15) is 31.2 Å². The quantitative estimate of drug-likeness (QED) is 0.802. The highest BCUT2D eigenvalue weighted by Crippen LogP contribution is 2.41. The molecule has 0 saturated carbocycles. The maximum absolute atomic E-state index is 12.9. The monoisotopic (exact) mass is 430 g/mol. The molecule has 0 radical (unpaired) electrons. The molecule has 160 valence electrons. The average Bonchev–Trinajstić information content (AvgIpc) is 3.38. The Balaban J connectivity index is 1.38. The van der Waals surface area contributed by atoms with Crippen molar-refractivity contribution >= 4 is 38.3 Å². The number of amides is 2. The Labute approximate surface area is 179 Å². The van der Waals surface area contributed by atoms with Gasteiger partial charge in [0.2, 0.25) is 5.88 Å². The summed E-state index contributed by atoms with van der Waals surface area (Å²) in [6.07, 6.45) is 7.86. The van der Waals surface area contributed by atoms with Crippen molar-refractivity contribution in [2.45, 2.75) is 25.7 Å². The lowest BCUT2D eigenvalue weighted by molar-refractivity contribution is 0.0211. The van der Waals surface area contributed by atoms with Crippen LogP contribution in [0, 0.1) is 5.41 Å². The molecule has 3 aliphatic heterocycles. The third-order valence-corrected chi connectivity index (χ3v) is 7.38. The first-order valence-corrected chi connectivity index (χ1v) is 11.2. The van der Waals surface area contributed by atoms with Gasteiger partial charge in [0.05, 0.1) is 25.0 Å². The van der Waals surface area contributed by atoms with E-state index in [-0.39, 0.29) is 11.4 Å². The Hall–Kier alpha value is -2.23. The number of nitrogens with zero attached hydrogens (tertiary/aromatic N) is 3. The predicted octanol–water partition coefficient (Wildman–Crippen LogP) is 3.54. The van der Waals surface area contributed by atoms with Crippen molar-refractivity contribution in [2.75, 3.05) is 51.9 Å². The fourth-order valence-corrected chi connectivity index (χ4v) is 5.58. The van der Waals surface area contributed by atoms with Gasteiger partial charge in [-0.3, -0.25) is 5.32 Å². The highest BCUT2D eigenvalue weighted by Gasteiger charge is 2.41. The van der Waals surface area contributed by atoms with E-state index in [9.17, 15) is 4.79 Å². The smallest absolute Gasteiger partial charge is 0.323 e. The summed E-state index contributed by atoms with van der Waals surface area (Å²) in [6.45, 7) is 4.46. The highest BCUT2D eigenvalue weighted by molar-refractivity contribution is 7.22. The maximum Gasteiger partial charge on any atom is 0.323 e. The van der Waals surface area contributed by atoms with Crippen LogP contribution in [0.5, 0.6) is 5.88 Å². The van der Waals surface area contributed by atoms with Gasteiger partial charge in [0.25, 0.3) is 0 Å². The Morgan fingerprint density at radius 3 is 2.90 bits per heavy atom. The number of pyridine rings is 1. The summed E-state index contributed by atoms with van der Waals surface area (Å²) in [5.74, 6) is 0.473. The minimum Gasteiger partial charge on any atom is -0.479 e. The molecule has 2 amide bonds. The first kappa shape index (κ1) is 19.7. The summed E-state index contributed by atoms with van der Waals surface area (Å²) >= 11 is 1.47. The molecule has 2 fully saturated rings. The molecule has 3 aliphatic rings. The number of carbonyl (C=O) groups is 1. The second-order valence-electron chi connectivity index (χ2n) is 8.15. The van der Waals surface area contributed by atoms with Gasteiger partial charge in [0, 0.05) is 38.1 Å². The summed E-state index contributed by atoms with van der Waals surface area (Å²) < 4.78 is 17.3. The van der Waals surface area contributed by atoms with Crippen LogP contribution in [-0.2, 0) is 9.47 Å². The van der Waals surface area contributed by atoms with Gasteiger partial charge in [0.1, 0.15) is 5.52 Å². The molecule has 5 heterocycles. The number of hydrogen-bond donors (Lipinski definition) is 1.